The molecule has 0 spiro atoms. The predicted molar refractivity (Wildman–Crippen MR) is 113 cm³/mol. The Morgan fingerprint density at radius 2 is 1.42 bits per heavy atom. The monoisotopic (exact) mass is 351 g/mol. The van der Waals surface area contributed by atoms with Gasteiger partial charge in [0, 0.05) is 24.7 Å². The summed E-state index contributed by atoms with van der Waals surface area (Å²) in [6.07, 6.45) is 10.2. The molecule has 3 heteroatoms. The Kier molecular flexibility index (Phi) is 7.88. The zero-order chi connectivity index (χ0) is 17.1. The zero-order valence-corrected chi connectivity index (χ0v) is 15.1. The zero-order valence-electron chi connectivity index (χ0n) is 15.1. The van der Waals surface area contributed by atoms with Gasteiger partial charge in [-0.15, -0.1) is 0 Å². The normalized spacial score (nSPS) is 13.2. The van der Waals surface area contributed by atoms with Crippen molar-refractivity contribution in [2.75, 3.05) is 0 Å². The Hall–Kier alpha value is -2.29. The van der Waals surface area contributed by atoms with Gasteiger partial charge in [0.15, 0.2) is 0 Å². The first-order valence-electron chi connectivity index (χ1n) is 8.77. The molecule has 0 bridgehead atoms. The lowest BCUT2D eigenvalue weighted by Gasteiger charge is -2.00. The van der Waals surface area contributed by atoms with E-state index in [-0.39, 0.29) is 14.9 Å². The lowest BCUT2D eigenvalue weighted by Crippen LogP contribution is -1.96. The van der Waals surface area contributed by atoms with Gasteiger partial charge >= 0.3 is 0 Å². The fourth-order valence-corrected chi connectivity index (χ4v) is 3.06. The minimum atomic E-state index is 0. The fraction of sp³-hybridized carbons (Fsp3) is 0.435. The molecule has 2 aliphatic rings. The van der Waals surface area contributed by atoms with Gasteiger partial charge in [0.1, 0.15) is 0 Å². The van der Waals surface area contributed by atoms with Gasteiger partial charge in [0.25, 0.3) is 0 Å². The summed E-state index contributed by atoms with van der Waals surface area (Å²) >= 11 is 0. The van der Waals surface area contributed by atoms with Crippen molar-refractivity contribution in [1.82, 2.24) is 15.0 Å². The summed E-state index contributed by atoms with van der Waals surface area (Å²) in [7, 11) is 0. The van der Waals surface area contributed by atoms with Crippen LogP contribution in [-0.2, 0) is 25.7 Å². The van der Waals surface area contributed by atoms with Crippen LogP contribution in [0, 0.1) is 0 Å². The molecule has 0 aliphatic heterocycles. The van der Waals surface area contributed by atoms with Crippen LogP contribution in [0.2, 0.25) is 0 Å². The van der Waals surface area contributed by atoms with E-state index in [0.29, 0.717) is 0 Å². The van der Waals surface area contributed by atoms with Crippen LogP contribution in [0.25, 0.3) is 12.2 Å². The van der Waals surface area contributed by atoms with Crippen LogP contribution in [0.4, 0.5) is 0 Å². The Morgan fingerprint density at radius 1 is 0.808 bits per heavy atom. The van der Waals surface area contributed by atoms with Crippen molar-refractivity contribution in [2.24, 2.45) is 0 Å². The van der Waals surface area contributed by atoms with E-state index in [0.717, 1.165) is 42.8 Å². The number of hydrogen-bond donors (Lipinski definition) is 0. The highest BCUT2D eigenvalue weighted by Crippen LogP contribution is 2.23. The molecule has 0 atom stereocenters. The lowest BCUT2D eigenvalue weighted by molar-refractivity contribution is 0.940. The van der Waals surface area contributed by atoms with Crippen LogP contribution >= 0.6 is 0 Å². The van der Waals surface area contributed by atoms with Crippen molar-refractivity contribution in [1.29, 1.82) is 0 Å². The number of aryl methyl sites for hydroxylation is 2. The molecule has 0 saturated heterocycles. The quantitative estimate of drug-likeness (QED) is 0.679. The van der Waals surface area contributed by atoms with Crippen LogP contribution in [-0.4, -0.2) is 15.0 Å². The van der Waals surface area contributed by atoms with E-state index >= 15 is 0 Å². The summed E-state index contributed by atoms with van der Waals surface area (Å²) in [4.78, 5) is 13.4. The average molecular weight is 352 g/mol. The summed E-state index contributed by atoms with van der Waals surface area (Å²) in [6, 6.07) is 4.30. The SMILES string of the molecule is C.C.CCc1ccc2c(n1)CC(C)=C2.CCc1cnc2c(n1)CC(C)=C2. The molecule has 0 aromatic carbocycles. The van der Waals surface area contributed by atoms with Crippen molar-refractivity contribution in [2.45, 2.75) is 68.2 Å². The number of rotatable bonds is 2. The highest BCUT2D eigenvalue weighted by molar-refractivity contribution is 5.61. The van der Waals surface area contributed by atoms with Crippen molar-refractivity contribution in [3.05, 3.63) is 63.5 Å². The Bertz CT molecular complexity index is 747. The molecule has 2 aliphatic carbocycles. The first-order chi connectivity index (χ1) is 11.6. The van der Waals surface area contributed by atoms with Gasteiger partial charge in [0.2, 0.25) is 0 Å². The molecule has 3 nitrogen and oxygen atoms in total. The molecule has 2 aromatic rings. The molecule has 0 radical (unpaired) electrons. The third-order valence-corrected chi connectivity index (χ3v) is 4.40. The van der Waals surface area contributed by atoms with E-state index < -0.39 is 0 Å². The van der Waals surface area contributed by atoms with Gasteiger partial charge in [-0.05, 0) is 44.4 Å². The molecular formula is C23H33N3. The van der Waals surface area contributed by atoms with E-state index in [1.807, 2.05) is 6.20 Å². The van der Waals surface area contributed by atoms with E-state index in [1.165, 1.54) is 28.1 Å². The van der Waals surface area contributed by atoms with Gasteiger partial charge in [-0.25, -0.2) is 0 Å². The highest BCUT2D eigenvalue weighted by Gasteiger charge is 2.12. The van der Waals surface area contributed by atoms with Crippen molar-refractivity contribution >= 4 is 12.2 Å². The summed E-state index contributed by atoms with van der Waals surface area (Å²) in [5.74, 6) is 0. The van der Waals surface area contributed by atoms with E-state index in [9.17, 15) is 0 Å². The molecule has 4 rings (SSSR count). The van der Waals surface area contributed by atoms with Gasteiger partial charge < -0.3 is 0 Å². The second-order valence-electron chi connectivity index (χ2n) is 6.57. The van der Waals surface area contributed by atoms with Crippen molar-refractivity contribution in [3.63, 3.8) is 0 Å². The third-order valence-electron chi connectivity index (χ3n) is 4.40. The molecule has 2 heterocycles. The summed E-state index contributed by atoms with van der Waals surface area (Å²) in [5.41, 5.74) is 9.85. The number of hydrogen-bond acceptors (Lipinski definition) is 3. The number of fused-ring (bicyclic) bond motifs is 2. The van der Waals surface area contributed by atoms with Gasteiger partial charge in [-0.2, -0.15) is 0 Å². The molecule has 140 valence electrons. The van der Waals surface area contributed by atoms with Gasteiger partial charge in [-0.3, -0.25) is 15.0 Å². The molecule has 0 fully saturated rings. The van der Waals surface area contributed by atoms with E-state index in [2.05, 4.69) is 66.9 Å². The maximum atomic E-state index is 4.57. The first-order valence-corrected chi connectivity index (χ1v) is 8.77. The number of allylic oxidation sites excluding steroid dienone is 2. The fourth-order valence-electron chi connectivity index (χ4n) is 3.06. The lowest BCUT2D eigenvalue weighted by atomic mass is 10.2. The molecule has 26 heavy (non-hydrogen) atoms. The minimum absolute atomic E-state index is 0. The summed E-state index contributed by atoms with van der Waals surface area (Å²) in [6.45, 7) is 8.53. The summed E-state index contributed by atoms with van der Waals surface area (Å²) in [5, 5.41) is 0. The Morgan fingerprint density at radius 3 is 2.12 bits per heavy atom. The largest absolute Gasteiger partial charge is 0.257 e. The van der Waals surface area contributed by atoms with Crippen LogP contribution in [0.3, 0.4) is 0 Å². The molecule has 2 aromatic heterocycles. The van der Waals surface area contributed by atoms with Crippen molar-refractivity contribution < 1.29 is 0 Å². The third kappa shape index (κ3) is 4.87. The van der Waals surface area contributed by atoms with Crippen LogP contribution < -0.4 is 0 Å². The van der Waals surface area contributed by atoms with E-state index in [4.69, 9.17) is 0 Å². The average Bonchev–Trinajstić information content (AvgIpc) is 3.13. The standard InChI is InChI=1S/C11H13N.C10H12N2.2CH4/c1-3-10-5-4-9-6-8(2)7-11(9)12-10;1-3-8-6-11-9-4-7(2)5-10(9)12-8;;/h4-6H,3,7H2,1-2H3;4,6H,3,5H2,1-2H3;2*1H4. The molecule has 0 saturated carbocycles. The van der Waals surface area contributed by atoms with E-state index in [1.54, 1.807) is 0 Å². The second-order valence-corrected chi connectivity index (χ2v) is 6.57. The second kappa shape index (κ2) is 9.42. The molecule has 0 N–H and O–H groups in total. The van der Waals surface area contributed by atoms with Crippen LogP contribution in [0.1, 0.15) is 76.6 Å². The Labute approximate surface area is 159 Å². The maximum Gasteiger partial charge on any atom is 0.0848 e. The molecule has 0 amide bonds. The highest BCUT2D eigenvalue weighted by atomic mass is 14.8. The van der Waals surface area contributed by atoms with Crippen LogP contribution in [0.5, 0.6) is 0 Å². The molecular weight excluding hydrogens is 318 g/mol. The topological polar surface area (TPSA) is 38.7 Å². The first kappa shape index (κ1) is 21.8. The van der Waals surface area contributed by atoms with Crippen molar-refractivity contribution in [3.8, 4) is 0 Å². The van der Waals surface area contributed by atoms with Gasteiger partial charge in [-0.1, -0.05) is 52.0 Å². The summed E-state index contributed by atoms with van der Waals surface area (Å²) < 4.78 is 0. The molecule has 0 unspecified atom stereocenters. The Balaban J connectivity index is 0.000000241. The number of nitrogens with zero attached hydrogens (tertiary/aromatic N) is 3. The number of pyridine rings is 1. The maximum absolute atomic E-state index is 4.57. The van der Waals surface area contributed by atoms with Crippen LogP contribution in [0.15, 0.2) is 29.5 Å². The smallest absolute Gasteiger partial charge is 0.0848 e. The van der Waals surface area contributed by atoms with Gasteiger partial charge in [0.05, 0.1) is 22.8 Å². The minimum Gasteiger partial charge on any atom is -0.257 e. The number of aromatic nitrogens is 3. The predicted octanol–water partition coefficient (Wildman–Crippen LogP) is 5.87.